The molecule has 0 saturated carbocycles. The van der Waals surface area contributed by atoms with Gasteiger partial charge in [0.15, 0.2) is 0 Å². The summed E-state index contributed by atoms with van der Waals surface area (Å²) < 4.78 is 25.7. The fraction of sp³-hybridized carbons (Fsp3) is 0.280. The molecule has 2 aromatic carbocycles. The van der Waals surface area contributed by atoms with Crippen molar-refractivity contribution >= 4 is 21.5 Å². The lowest BCUT2D eigenvalue weighted by atomic mass is 9.81. The van der Waals surface area contributed by atoms with Gasteiger partial charge in [-0.15, -0.1) is 0 Å². The maximum absolute atomic E-state index is 15.4. The maximum Gasteiger partial charge on any atom is 0.319 e. The van der Waals surface area contributed by atoms with Crippen molar-refractivity contribution in [1.82, 2.24) is 9.97 Å². The van der Waals surface area contributed by atoms with E-state index >= 15 is 4.39 Å². The lowest BCUT2D eigenvalue weighted by Gasteiger charge is -2.34. The minimum absolute atomic E-state index is 0.204. The number of aromatic nitrogens is 2. The SMILES string of the molecule is COc1nc(OC)c(Cc2ccccc2)c(C2(Br)CC=C(c3ccccc3)C(F)C2)n1. The standard InChI is InChI=1S/C25H24BrFN2O2/c1-30-23-20(15-17-9-5-3-6-10-17)22(28-24(29-23)31-2)25(26)14-13-19(21(27)16-25)18-11-7-4-8-12-18/h3-13,21H,14-16H2,1-2H3. The number of hydrogen-bond donors (Lipinski definition) is 0. The van der Waals surface area contributed by atoms with E-state index in [-0.39, 0.29) is 12.4 Å². The molecule has 1 aromatic heterocycles. The van der Waals surface area contributed by atoms with Crippen LogP contribution in [0.15, 0.2) is 66.7 Å². The van der Waals surface area contributed by atoms with Crippen LogP contribution in [0, 0.1) is 0 Å². The summed E-state index contributed by atoms with van der Waals surface area (Å²) in [6.45, 7) is 0. The average Bonchev–Trinajstić information content (AvgIpc) is 2.80. The van der Waals surface area contributed by atoms with E-state index in [2.05, 4.69) is 25.9 Å². The molecule has 160 valence electrons. The number of allylic oxidation sites excluding steroid dienone is 2. The zero-order chi connectivity index (χ0) is 21.8. The largest absolute Gasteiger partial charge is 0.481 e. The van der Waals surface area contributed by atoms with Gasteiger partial charge < -0.3 is 9.47 Å². The van der Waals surface area contributed by atoms with E-state index in [1.54, 1.807) is 7.11 Å². The van der Waals surface area contributed by atoms with Gasteiger partial charge in [0.05, 0.1) is 24.2 Å². The van der Waals surface area contributed by atoms with E-state index in [0.29, 0.717) is 30.0 Å². The van der Waals surface area contributed by atoms with Crippen molar-refractivity contribution in [2.75, 3.05) is 14.2 Å². The molecule has 3 aromatic rings. The van der Waals surface area contributed by atoms with Crippen molar-refractivity contribution in [1.29, 1.82) is 0 Å². The summed E-state index contributed by atoms with van der Waals surface area (Å²) in [4.78, 5) is 9.06. The van der Waals surface area contributed by atoms with Crippen LogP contribution in [0.4, 0.5) is 4.39 Å². The molecule has 4 rings (SSSR count). The number of nitrogens with zero attached hydrogens (tertiary/aromatic N) is 2. The molecule has 0 bridgehead atoms. The molecule has 0 amide bonds. The first kappa shape index (κ1) is 21.5. The van der Waals surface area contributed by atoms with Gasteiger partial charge in [0.2, 0.25) is 5.88 Å². The smallest absolute Gasteiger partial charge is 0.319 e. The molecule has 2 unspecified atom stereocenters. The Morgan fingerprint density at radius 3 is 2.29 bits per heavy atom. The summed E-state index contributed by atoms with van der Waals surface area (Å²) in [7, 11) is 3.09. The van der Waals surface area contributed by atoms with Crippen LogP contribution in [-0.2, 0) is 10.7 Å². The summed E-state index contributed by atoms with van der Waals surface area (Å²) in [6.07, 6.45) is 2.24. The topological polar surface area (TPSA) is 44.2 Å². The first-order chi connectivity index (χ1) is 15.0. The Bertz CT molecular complexity index is 1080. The highest BCUT2D eigenvalue weighted by molar-refractivity contribution is 9.09. The number of halogens is 2. The Kier molecular flexibility index (Phi) is 6.37. The molecule has 0 fully saturated rings. The van der Waals surface area contributed by atoms with Gasteiger partial charge in [0.1, 0.15) is 6.17 Å². The molecule has 2 atom stereocenters. The van der Waals surface area contributed by atoms with Gasteiger partial charge in [0, 0.05) is 18.4 Å². The monoisotopic (exact) mass is 482 g/mol. The van der Waals surface area contributed by atoms with Gasteiger partial charge in [0.25, 0.3) is 0 Å². The van der Waals surface area contributed by atoms with Crippen LogP contribution in [-0.4, -0.2) is 30.4 Å². The Hall–Kier alpha value is -2.73. The summed E-state index contributed by atoms with van der Waals surface area (Å²) in [6, 6.07) is 19.9. The highest BCUT2D eigenvalue weighted by atomic mass is 79.9. The molecule has 0 spiro atoms. The van der Waals surface area contributed by atoms with Crippen molar-refractivity contribution in [3.8, 4) is 11.9 Å². The quantitative estimate of drug-likeness (QED) is 0.410. The van der Waals surface area contributed by atoms with Gasteiger partial charge in [-0.3, -0.25) is 0 Å². The van der Waals surface area contributed by atoms with E-state index in [4.69, 9.17) is 9.47 Å². The molecule has 1 aliphatic carbocycles. The predicted molar refractivity (Wildman–Crippen MR) is 124 cm³/mol. The average molecular weight is 483 g/mol. The molecule has 0 aliphatic heterocycles. The Labute approximate surface area is 190 Å². The van der Waals surface area contributed by atoms with Crippen LogP contribution in [0.25, 0.3) is 5.57 Å². The van der Waals surface area contributed by atoms with Crippen molar-refractivity contribution < 1.29 is 13.9 Å². The number of rotatable bonds is 6. The van der Waals surface area contributed by atoms with Crippen molar-refractivity contribution in [3.05, 3.63) is 89.1 Å². The third-order valence-corrected chi connectivity index (χ3v) is 6.59. The molecule has 6 heteroatoms. The summed E-state index contributed by atoms with van der Waals surface area (Å²) >= 11 is 3.85. The van der Waals surface area contributed by atoms with Gasteiger partial charge in [-0.25, -0.2) is 4.39 Å². The first-order valence-electron chi connectivity index (χ1n) is 10.2. The second-order valence-corrected chi connectivity index (χ2v) is 9.09. The normalized spacial score (nSPS) is 20.8. The molecule has 1 aliphatic rings. The molecule has 4 nitrogen and oxygen atoms in total. The van der Waals surface area contributed by atoms with E-state index in [0.717, 1.165) is 16.7 Å². The lowest BCUT2D eigenvalue weighted by molar-refractivity contribution is 0.322. The highest BCUT2D eigenvalue weighted by Gasteiger charge is 2.41. The third-order valence-electron chi connectivity index (χ3n) is 5.57. The minimum Gasteiger partial charge on any atom is -0.481 e. The Morgan fingerprint density at radius 1 is 1.00 bits per heavy atom. The number of hydrogen-bond acceptors (Lipinski definition) is 4. The Morgan fingerprint density at radius 2 is 1.68 bits per heavy atom. The van der Waals surface area contributed by atoms with Crippen LogP contribution < -0.4 is 9.47 Å². The van der Waals surface area contributed by atoms with Crippen LogP contribution in [0.1, 0.15) is 35.2 Å². The number of alkyl halides is 2. The second kappa shape index (κ2) is 9.18. The molecule has 0 saturated heterocycles. The zero-order valence-electron chi connectivity index (χ0n) is 17.5. The third kappa shape index (κ3) is 4.49. The Balaban J connectivity index is 1.78. The van der Waals surface area contributed by atoms with Crippen LogP contribution in [0.2, 0.25) is 0 Å². The van der Waals surface area contributed by atoms with Gasteiger partial charge in [-0.1, -0.05) is 82.7 Å². The number of methoxy groups -OCH3 is 2. The van der Waals surface area contributed by atoms with Crippen LogP contribution in [0.3, 0.4) is 0 Å². The summed E-state index contributed by atoms with van der Waals surface area (Å²) in [5, 5.41) is 0. The van der Waals surface area contributed by atoms with Gasteiger partial charge >= 0.3 is 6.01 Å². The molecule has 1 heterocycles. The second-order valence-electron chi connectivity index (χ2n) is 7.58. The highest BCUT2D eigenvalue weighted by Crippen LogP contribution is 2.49. The molecule has 0 radical (unpaired) electrons. The van der Waals surface area contributed by atoms with E-state index in [1.807, 2.05) is 66.7 Å². The van der Waals surface area contributed by atoms with Crippen LogP contribution in [0.5, 0.6) is 11.9 Å². The van der Waals surface area contributed by atoms with E-state index in [9.17, 15) is 0 Å². The van der Waals surface area contributed by atoms with E-state index in [1.165, 1.54) is 7.11 Å². The molecular formula is C25H24BrFN2O2. The van der Waals surface area contributed by atoms with Crippen molar-refractivity contribution in [2.24, 2.45) is 0 Å². The van der Waals surface area contributed by atoms with E-state index < -0.39 is 10.5 Å². The number of benzene rings is 2. The van der Waals surface area contributed by atoms with Gasteiger partial charge in [-0.2, -0.15) is 9.97 Å². The van der Waals surface area contributed by atoms with Crippen LogP contribution >= 0.6 is 15.9 Å². The van der Waals surface area contributed by atoms with Crippen molar-refractivity contribution in [3.63, 3.8) is 0 Å². The minimum atomic E-state index is -1.13. The number of ether oxygens (including phenoxy) is 2. The molecule has 31 heavy (non-hydrogen) atoms. The van der Waals surface area contributed by atoms with Gasteiger partial charge in [-0.05, 0) is 23.1 Å². The summed E-state index contributed by atoms with van der Waals surface area (Å²) in [5.74, 6) is 0.442. The fourth-order valence-electron chi connectivity index (χ4n) is 4.03. The molecular weight excluding hydrogens is 459 g/mol. The predicted octanol–water partition coefficient (Wildman–Crippen LogP) is 5.89. The van der Waals surface area contributed by atoms with Crippen molar-refractivity contribution in [2.45, 2.75) is 29.8 Å². The maximum atomic E-state index is 15.4. The molecule has 0 N–H and O–H groups in total. The lowest BCUT2D eigenvalue weighted by Crippen LogP contribution is -2.30. The zero-order valence-corrected chi connectivity index (χ0v) is 19.1. The first-order valence-corrected chi connectivity index (χ1v) is 10.9. The summed E-state index contributed by atoms with van der Waals surface area (Å²) in [5.41, 5.74) is 4.25. The fourth-order valence-corrected chi connectivity index (χ4v) is 4.81.